The van der Waals surface area contributed by atoms with Crippen LogP contribution in [0.15, 0.2) is 22.8 Å². The van der Waals surface area contributed by atoms with E-state index in [1.54, 1.807) is 6.20 Å². The Kier molecular flexibility index (Phi) is 5.54. The molecule has 1 aromatic heterocycles. The smallest absolute Gasteiger partial charge is 0.273 e. The Morgan fingerprint density at radius 2 is 2.20 bits per heavy atom. The summed E-state index contributed by atoms with van der Waals surface area (Å²) in [5, 5.41) is 0. The van der Waals surface area contributed by atoms with Crippen LogP contribution in [0.25, 0.3) is 0 Å². The molecule has 0 N–H and O–H groups in total. The highest BCUT2D eigenvalue weighted by molar-refractivity contribution is 9.10. The summed E-state index contributed by atoms with van der Waals surface area (Å²) in [4.78, 5) is 21.0. The van der Waals surface area contributed by atoms with Crippen LogP contribution >= 0.6 is 15.9 Å². The standard InChI is InChI=1S/C15H22BrN3O/c1-3-9-19-10-6-12(7-11-19)18(2)15(20)14-13(16)5-4-8-17-14/h4-5,8,12H,3,6-7,9-11H2,1-2H3. The molecule has 0 aliphatic carbocycles. The number of hydrogen-bond donors (Lipinski definition) is 0. The van der Waals surface area contributed by atoms with Crippen molar-refractivity contribution in [2.75, 3.05) is 26.7 Å². The second-order valence-corrected chi connectivity index (χ2v) is 6.18. The Bertz CT molecular complexity index is 458. The summed E-state index contributed by atoms with van der Waals surface area (Å²) in [5.74, 6) is 0.00594. The normalized spacial score (nSPS) is 17.1. The number of rotatable bonds is 4. The van der Waals surface area contributed by atoms with E-state index in [1.807, 2.05) is 24.1 Å². The Hall–Kier alpha value is -0.940. The first-order chi connectivity index (χ1) is 9.63. The van der Waals surface area contributed by atoms with Gasteiger partial charge in [0.25, 0.3) is 5.91 Å². The van der Waals surface area contributed by atoms with Gasteiger partial charge in [-0.15, -0.1) is 0 Å². The van der Waals surface area contributed by atoms with E-state index in [2.05, 4.69) is 32.7 Å². The molecule has 0 spiro atoms. The maximum atomic E-state index is 12.5. The molecule has 0 saturated carbocycles. The van der Waals surface area contributed by atoms with E-state index in [-0.39, 0.29) is 5.91 Å². The lowest BCUT2D eigenvalue weighted by Crippen LogP contribution is -2.46. The zero-order chi connectivity index (χ0) is 14.5. The summed E-state index contributed by atoms with van der Waals surface area (Å²) in [6.07, 6.45) is 4.95. The van der Waals surface area contributed by atoms with Crippen molar-refractivity contribution in [3.8, 4) is 0 Å². The number of amides is 1. The SMILES string of the molecule is CCCN1CCC(N(C)C(=O)c2ncccc2Br)CC1. The van der Waals surface area contributed by atoms with Crippen molar-refractivity contribution in [2.45, 2.75) is 32.2 Å². The molecule has 2 heterocycles. The molecule has 0 bridgehead atoms. The first-order valence-corrected chi connectivity index (χ1v) is 8.02. The second-order valence-electron chi connectivity index (χ2n) is 5.32. The summed E-state index contributed by atoms with van der Waals surface area (Å²) in [6, 6.07) is 4.01. The fourth-order valence-corrected chi connectivity index (χ4v) is 3.15. The molecule has 2 rings (SSSR count). The van der Waals surface area contributed by atoms with Gasteiger partial charge in [-0.2, -0.15) is 0 Å². The third kappa shape index (κ3) is 3.58. The second kappa shape index (κ2) is 7.18. The van der Waals surface area contributed by atoms with E-state index in [0.29, 0.717) is 11.7 Å². The third-order valence-corrected chi connectivity index (χ3v) is 4.57. The predicted molar refractivity (Wildman–Crippen MR) is 83.8 cm³/mol. The maximum absolute atomic E-state index is 12.5. The summed E-state index contributed by atoms with van der Waals surface area (Å²) < 4.78 is 0.764. The highest BCUT2D eigenvalue weighted by Gasteiger charge is 2.27. The highest BCUT2D eigenvalue weighted by Crippen LogP contribution is 2.20. The fourth-order valence-electron chi connectivity index (χ4n) is 2.72. The average molecular weight is 340 g/mol. The Morgan fingerprint density at radius 3 is 2.80 bits per heavy atom. The van der Waals surface area contributed by atoms with Gasteiger partial charge in [0.15, 0.2) is 0 Å². The molecular weight excluding hydrogens is 318 g/mol. The molecule has 1 aliphatic rings. The van der Waals surface area contributed by atoms with Crippen molar-refractivity contribution in [3.05, 3.63) is 28.5 Å². The van der Waals surface area contributed by atoms with Crippen LogP contribution in [0, 0.1) is 0 Å². The molecule has 0 radical (unpaired) electrons. The summed E-state index contributed by atoms with van der Waals surface area (Å²) >= 11 is 3.40. The Morgan fingerprint density at radius 1 is 1.50 bits per heavy atom. The van der Waals surface area contributed by atoms with Gasteiger partial charge in [-0.05, 0) is 53.9 Å². The zero-order valence-corrected chi connectivity index (χ0v) is 13.8. The van der Waals surface area contributed by atoms with Crippen molar-refractivity contribution in [2.24, 2.45) is 0 Å². The van der Waals surface area contributed by atoms with E-state index < -0.39 is 0 Å². The molecule has 1 aliphatic heterocycles. The van der Waals surface area contributed by atoms with Crippen LogP contribution in [0.3, 0.4) is 0 Å². The lowest BCUT2D eigenvalue weighted by atomic mass is 10.0. The van der Waals surface area contributed by atoms with Gasteiger partial charge in [0, 0.05) is 36.8 Å². The van der Waals surface area contributed by atoms with E-state index >= 15 is 0 Å². The van der Waals surface area contributed by atoms with Crippen molar-refractivity contribution in [1.29, 1.82) is 0 Å². The van der Waals surface area contributed by atoms with Gasteiger partial charge in [0.05, 0.1) is 0 Å². The van der Waals surface area contributed by atoms with Crippen LogP contribution in [0.1, 0.15) is 36.7 Å². The minimum absolute atomic E-state index is 0.00594. The molecule has 20 heavy (non-hydrogen) atoms. The zero-order valence-electron chi connectivity index (χ0n) is 12.2. The highest BCUT2D eigenvalue weighted by atomic mass is 79.9. The number of aromatic nitrogens is 1. The van der Waals surface area contributed by atoms with Crippen LogP contribution in [0.5, 0.6) is 0 Å². The predicted octanol–water partition coefficient (Wildman–Crippen LogP) is 2.79. The van der Waals surface area contributed by atoms with Gasteiger partial charge in [-0.25, -0.2) is 4.98 Å². The largest absolute Gasteiger partial charge is 0.337 e. The number of pyridine rings is 1. The topological polar surface area (TPSA) is 36.4 Å². The Balaban J connectivity index is 1.97. The van der Waals surface area contributed by atoms with Crippen LogP contribution in [0.2, 0.25) is 0 Å². The number of carbonyl (C=O) groups is 1. The number of halogens is 1. The molecule has 1 amide bonds. The quantitative estimate of drug-likeness (QED) is 0.846. The van der Waals surface area contributed by atoms with Crippen molar-refractivity contribution < 1.29 is 4.79 Å². The van der Waals surface area contributed by atoms with E-state index in [0.717, 1.165) is 36.9 Å². The molecule has 4 nitrogen and oxygen atoms in total. The number of carbonyl (C=O) groups excluding carboxylic acids is 1. The molecule has 0 atom stereocenters. The maximum Gasteiger partial charge on any atom is 0.273 e. The monoisotopic (exact) mass is 339 g/mol. The van der Waals surface area contributed by atoms with E-state index in [4.69, 9.17) is 0 Å². The van der Waals surface area contributed by atoms with Gasteiger partial charge in [-0.1, -0.05) is 6.92 Å². The lowest BCUT2D eigenvalue weighted by Gasteiger charge is -2.36. The minimum atomic E-state index is 0.00594. The molecule has 1 fully saturated rings. The molecular formula is C15H22BrN3O. The van der Waals surface area contributed by atoms with Gasteiger partial charge >= 0.3 is 0 Å². The molecule has 110 valence electrons. The fraction of sp³-hybridized carbons (Fsp3) is 0.600. The van der Waals surface area contributed by atoms with E-state index in [1.165, 1.54) is 6.42 Å². The Labute approximate surface area is 129 Å². The van der Waals surface area contributed by atoms with Crippen molar-refractivity contribution in [3.63, 3.8) is 0 Å². The van der Waals surface area contributed by atoms with Crippen LogP contribution in [-0.4, -0.2) is 53.4 Å². The van der Waals surface area contributed by atoms with Gasteiger partial charge in [0.1, 0.15) is 5.69 Å². The van der Waals surface area contributed by atoms with Crippen LogP contribution < -0.4 is 0 Å². The summed E-state index contributed by atoms with van der Waals surface area (Å²) in [7, 11) is 1.89. The van der Waals surface area contributed by atoms with Crippen molar-refractivity contribution in [1.82, 2.24) is 14.8 Å². The van der Waals surface area contributed by atoms with Gasteiger partial charge < -0.3 is 9.80 Å². The first kappa shape index (κ1) is 15.4. The molecule has 0 unspecified atom stereocenters. The molecule has 1 saturated heterocycles. The third-order valence-electron chi connectivity index (χ3n) is 3.93. The minimum Gasteiger partial charge on any atom is -0.337 e. The van der Waals surface area contributed by atoms with Crippen LogP contribution in [0.4, 0.5) is 0 Å². The average Bonchev–Trinajstić information content (AvgIpc) is 2.47. The summed E-state index contributed by atoms with van der Waals surface area (Å²) in [6.45, 7) is 5.54. The first-order valence-electron chi connectivity index (χ1n) is 7.23. The molecule has 0 aromatic carbocycles. The molecule has 5 heteroatoms. The lowest BCUT2D eigenvalue weighted by molar-refractivity contribution is 0.0636. The number of likely N-dealkylation sites (tertiary alicyclic amines) is 1. The summed E-state index contributed by atoms with van der Waals surface area (Å²) in [5.41, 5.74) is 0.506. The number of hydrogen-bond acceptors (Lipinski definition) is 3. The number of nitrogens with zero attached hydrogens (tertiary/aromatic N) is 3. The van der Waals surface area contributed by atoms with Crippen LogP contribution in [-0.2, 0) is 0 Å². The van der Waals surface area contributed by atoms with Gasteiger partial charge in [-0.3, -0.25) is 4.79 Å². The molecule has 1 aromatic rings. The number of piperidine rings is 1. The van der Waals surface area contributed by atoms with Crippen molar-refractivity contribution >= 4 is 21.8 Å². The van der Waals surface area contributed by atoms with E-state index in [9.17, 15) is 4.79 Å². The van der Waals surface area contributed by atoms with Gasteiger partial charge in [0.2, 0.25) is 0 Å².